The van der Waals surface area contributed by atoms with Crippen molar-refractivity contribution in [2.75, 3.05) is 7.05 Å². The number of benzene rings is 1. The van der Waals surface area contributed by atoms with Crippen LogP contribution in [0.3, 0.4) is 0 Å². The molecule has 7 nitrogen and oxygen atoms in total. The number of aromatic nitrogens is 4. The molecule has 0 radical (unpaired) electrons. The summed E-state index contributed by atoms with van der Waals surface area (Å²) < 4.78 is 9.97. The minimum Gasteiger partial charge on any atom is -0.471 e. The molecule has 0 aliphatic carbocycles. The summed E-state index contributed by atoms with van der Waals surface area (Å²) >= 11 is 3.38. The minimum atomic E-state index is -0.149. The van der Waals surface area contributed by atoms with Crippen LogP contribution in [0.2, 0.25) is 0 Å². The Kier molecular flexibility index (Phi) is 5.18. The third-order valence-electron chi connectivity index (χ3n) is 3.71. The Balaban J connectivity index is 1.59. The highest BCUT2D eigenvalue weighted by atomic mass is 79.9. The fourth-order valence-electron chi connectivity index (χ4n) is 2.29. The predicted octanol–water partition coefficient (Wildman–Crippen LogP) is 2.69. The molecule has 0 aliphatic rings. The van der Waals surface area contributed by atoms with Crippen molar-refractivity contribution in [1.29, 1.82) is 0 Å². The molecule has 0 N–H and O–H groups in total. The van der Waals surface area contributed by atoms with Gasteiger partial charge in [0, 0.05) is 31.0 Å². The number of rotatable bonds is 6. The Hall–Kier alpha value is -2.61. The Bertz CT molecular complexity index is 856. The van der Waals surface area contributed by atoms with E-state index in [2.05, 4.69) is 26.1 Å². The number of carbonyl (C=O) groups excluding carboxylic acids is 1. The summed E-state index contributed by atoms with van der Waals surface area (Å²) in [7, 11) is 3.59. The van der Waals surface area contributed by atoms with Gasteiger partial charge in [0.15, 0.2) is 12.4 Å². The summed E-state index contributed by atoms with van der Waals surface area (Å²) in [5.74, 6) is 0.587. The van der Waals surface area contributed by atoms with Gasteiger partial charge >= 0.3 is 0 Å². The predicted molar refractivity (Wildman–Crippen MR) is 96.0 cm³/mol. The van der Waals surface area contributed by atoms with Gasteiger partial charge in [0.25, 0.3) is 5.91 Å². The topological polar surface area (TPSA) is 65.2 Å². The Labute approximate surface area is 153 Å². The van der Waals surface area contributed by atoms with E-state index in [0.29, 0.717) is 12.2 Å². The number of nitrogens with zero attached hydrogens (tertiary/aromatic N) is 5. The van der Waals surface area contributed by atoms with Crippen LogP contribution in [0.4, 0.5) is 0 Å². The maximum absolute atomic E-state index is 12.5. The van der Waals surface area contributed by atoms with E-state index in [4.69, 9.17) is 4.74 Å². The molecule has 0 saturated carbocycles. The molecular weight excluding hydrogens is 386 g/mol. The molecule has 0 atom stereocenters. The zero-order valence-corrected chi connectivity index (χ0v) is 15.5. The number of ether oxygens (including phenoxy) is 1. The first-order valence-electron chi connectivity index (χ1n) is 7.67. The zero-order valence-electron chi connectivity index (χ0n) is 14.0. The van der Waals surface area contributed by atoms with Crippen molar-refractivity contribution in [3.05, 3.63) is 64.7 Å². The van der Waals surface area contributed by atoms with Crippen LogP contribution in [0.5, 0.6) is 5.75 Å². The van der Waals surface area contributed by atoms with Gasteiger partial charge in [-0.3, -0.25) is 9.48 Å². The van der Waals surface area contributed by atoms with Gasteiger partial charge in [-0.1, -0.05) is 15.9 Å². The Morgan fingerprint density at radius 3 is 2.68 bits per heavy atom. The molecule has 0 aliphatic heterocycles. The van der Waals surface area contributed by atoms with E-state index >= 15 is 0 Å². The monoisotopic (exact) mass is 403 g/mol. The van der Waals surface area contributed by atoms with Crippen LogP contribution in [0.15, 0.2) is 53.3 Å². The lowest BCUT2D eigenvalue weighted by molar-refractivity contribution is 0.0774. The fourth-order valence-corrected chi connectivity index (χ4v) is 2.55. The van der Waals surface area contributed by atoms with Crippen molar-refractivity contribution in [2.45, 2.75) is 13.3 Å². The van der Waals surface area contributed by atoms with Crippen molar-refractivity contribution in [1.82, 2.24) is 24.5 Å². The maximum Gasteiger partial charge on any atom is 0.274 e. The molecule has 1 aromatic carbocycles. The minimum absolute atomic E-state index is 0.149. The molecular formula is C17H18BrN5O2. The van der Waals surface area contributed by atoms with Crippen molar-refractivity contribution < 1.29 is 9.53 Å². The zero-order chi connectivity index (χ0) is 17.8. The average molecular weight is 404 g/mol. The molecule has 0 unspecified atom stereocenters. The average Bonchev–Trinajstić information content (AvgIpc) is 3.23. The summed E-state index contributed by atoms with van der Waals surface area (Å²) in [4.78, 5) is 14.1. The SMILES string of the molecule is CN(Cc1ccnn1C)C(=O)c1ccn(COc2ccc(Br)cc2)n1. The second kappa shape index (κ2) is 7.52. The standard InChI is InChI=1S/C17H18BrN5O2/c1-21(11-14-7-9-19-22(14)2)17(24)16-8-10-23(20-16)12-25-15-5-3-13(18)4-6-15/h3-10H,11-12H2,1-2H3. The van der Waals surface area contributed by atoms with Gasteiger partial charge in [0.1, 0.15) is 5.75 Å². The first kappa shape index (κ1) is 17.2. The molecule has 0 spiro atoms. The first-order valence-corrected chi connectivity index (χ1v) is 8.46. The van der Waals surface area contributed by atoms with Crippen molar-refractivity contribution in [2.24, 2.45) is 7.05 Å². The third-order valence-corrected chi connectivity index (χ3v) is 4.23. The summed E-state index contributed by atoms with van der Waals surface area (Å²) in [5.41, 5.74) is 1.33. The number of aryl methyl sites for hydroxylation is 1. The van der Waals surface area contributed by atoms with Gasteiger partial charge < -0.3 is 9.64 Å². The normalized spacial score (nSPS) is 10.7. The van der Waals surface area contributed by atoms with Crippen LogP contribution in [0, 0.1) is 0 Å². The maximum atomic E-state index is 12.5. The molecule has 8 heteroatoms. The van der Waals surface area contributed by atoms with Gasteiger partial charge in [0.2, 0.25) is 0 Å². The second-order valence-corrected chi connectivity index (χ2v) is 6.49. The smallest absolute Gasteiger partial charge is 0.274 e. The highest BCUT2D eigenvalue weighted by Gasteiger charge is 2.16. The van der Waals surface area contributed by atoms with Crippen LogP contribution < -0.4 is 4.74 Å². The number of amides is 1. The molecule has 3 rings (SSSR count). The molecule has 2 heterocycles. The van der Waals surface area contributed by atoms with E-state index in [9.17, 15) is 4.79 Å². The van der Waals surface area contributed by atoms with E-state index in [1.54, 1.807) is 39.8 Å². The van der Waals surface area contributed by atoms with Crippen LogP contribution in [0.1, 0.15) is 16.2 Å². The number of hydrogen-bond acceptors (Lipinski definition) is 4. The van der Waals surface area contributed by atoms with E-state index in [0.717, 1.165) is 15.9 Å². The summed E-state index contributed by atoms with van der Waals surface area (Å²) in [5, 5.41) is 8.39. The van der Waals surface area contributed by atoms with Crippen molar-refractivity contribution in [3.8, 4) is 5.75 Å². The number of halogens is 1. The first-order chi connectivity index (χ1) is 12.0. The summed E-state index contributed by atoms with van der Waals surface area (Å²) in [6, 6.07) is 11.1. The molecule has 0 fully saturated rings. The summed E-state index contributed by atoms with van der Waals surface area (Å²) in [6.07, 6.45) is 3.44. The summed E-state index contributed by atoms with van der Waals surface area (Å²) in [6.45, 7) is 0.706. The van der Waals surface area contributed by atoms with Gasteiger partial charge in [-0.05, 0) is 36.4 Å². The largest absolute Gasteiger partial charge is 0.471 e. The quantitative estimate of drug-likeness (QED) is 0.634. The fraction of sp³-hybridized carbons (Fsp3) is 0.235. The Morgan fingerprint density at radius 2 is 2.00 bits per heavy atom. The van der Waals surface area contributed by atoms with Crippen molar-refractivity contribution in [3.63, 3.8) is 0 Å². The molecule has 25 heavy (non-hydrogen) atoms. The lowest BCUT2D eigenvalue weighted by atomic mass is 10.3. The van der Waals surface area contributed by atoms with Crippen LogP contribution >= 0.6 is 15.9 Å². The molecule has 1 amide bonds. The van der Waals surface area contributed by atoms with Gasteiger partial charge in [-0.15, -0.1) is 0 Å². The lowest BCUT2D eigenvalue weighted by Gasteiger charge is -2.15. The highest BCUT2D eigenvalue weighted by Crippen LogP contribution is 2.16. The van der Waals surface area contributed by atoms with E-state index in [1.165, 1.54) is 0 Å². The molecule has 130 valence electrons. The second-order valence-electron chi connectivity index (χ2n) is 5.58. The van der Waals surface area contributed by atoms with Gasteiger partial charge in [-0.2, -0.15) is 10.2 Å². The van der Waals surface area contributed by atoms with Crippen molar-refractivity contribution >= 4 is 21.8 Å². The van der Waals surface area contributed by atoms with E-state index < -0.39 is 0 Å². The number of hydrogen-bond donors (Lipinski definition) is 0. The molecule has 0 saturated heterocycles. The molecule has 0 bridgehead atoms. The van der Waals surface area contributed by atoms with Crippen LogP contribution in [-0.4, -0.2) is 37.4 Å². The lowest BCUT2D eigenvalue weighted by Crippen LogP contribution is -2.27. The van der Waals surface area contributed by atoms with Gasteiger partial charge in [-0.25, -0.2) is 4.68 Å². The van der Waals surface area contributed by atoms with Crippen LogP contribution in [-0.2, 0) is 20.3 Å². The Morgan fingerprint density at radius 1 is 1.24 bits per heavy atom. The van der Waals surface area contributed by atoms with E-state index in [-0.39, 0.29) is 12.6 Å². The highest BCUT2D eigenvalue weighted by molar-refractivity contribution is 9.10. The van der Waals surface area contributed by atoms with Crippen LogP contribution in [0.25, 0.3) is 0 Å². The molecule has 3 aromatic rings. The van der Waals surface area contributed by atoms with Gasteiger partial charge in [0.05, 0.1) is 12.2 Å². The van der Waals surface area contributed by atoms with E-state index in [1.807, 2.05) is 37.4 Å². The number of carbonyl (C=O) groups is 1. The molecule has 2 aromatic heterocycles. The third kappa shape index (κ3) is 4.27.